The summed E-state index contributed by atoms with van der Waals surface area (Å²) in [7, 11) is 2.06. The zero-order valence-electron chi connectivity index (χ0n) is 18.1. The van der Waals surface area contributed by atoms with Gasteiger partial charge >= 0.3 is 0 Å². The molecule has 0 bridgehead atoms. The predicted molar refractivity (Wildman–Crippen MR) is 118 cm³/mol. The summed E-state index contributed by atoms with van der Waals surface area (Å²) in [4.78, 5) is 17.0. The second-order valence-electron chi connectivity index (χ2n) is 8.84. The summed E-state index contributed by atoms with van der Waals surface area (Å²) < 4.78 is 5.62. The quantitative estimate of drug-likeness (QED) is 0.757. The molecule has 2 fully saturated rings. The van der Waals surface area contributed by atoms with E-state index in [9.17, 15) is 4.79 Å². The molecule has 2 aromatic rings. The lowest BCUT2D eigenvalue weighted by molar-refractivity contribution is -0.133. The Labute approximate surface area is 179 Å². The summed E-state index contributed by atoms with van der Waals surface area (Å²) in [6, 6.07) is 12.4. The number of anilines is 1. The van der Waals surface area contributed by atoms with Crippen molar-refractivity contribution in [3.63, 3.8) is 0 Å². The molecule has 162 valence electrons. The maximum absolute atomic E-state index is 12.8. The minimum absolute atomic E-state index is 0.344. The lowest BCUT2D eigenvalue weighted by Gasteiger charge is -2.34. The number of piperidine rings is 2. The van der Waals surface area contributed by atoms with E-state index >= 15 is 0 Å². The van der Waals surface area contributed by atoms with Gasteiger partial charge in [-0.05, 0) is 69.2 Å². The van der Waals surface area contributed by atoms with Gasteiger partial charge in [-0.25, -0.2) is 0 Å². The van der Waals surface area contributed by atoms with Gasteiger partial charge in [0, 0.05) is 38.3 Å². The molecule has 2 aliphatic rings. The molecule has 3 heterocycles. The van der Waals surface area contributed by atoms with E-state index in [4.69, 9.17) is 4.52 Å². The summed E-state index contributed by atoms with van der Waals surface area (Å²) in [5, 5.41) is 7.84. The van der Waals surface area contributed by atoms with Crippen molar-refractivity contribution in [2.45, 2.75) is 45.1 Å². The van der Waals surface area contributed by atoms with Crippen LogP contribution in [0.3, 0.4) is 0 Å². The standard InChI is InChI=1S/C24H34N4O2/c1-27(22-8-4-2-5-9-22)18-23-16-21(26-30-23)14-20-17-25-11-10-19(20)15-24(29)28-12-6-3-7-13-28/h2,4-5,8-9,16,19-20,25H,3,6-7,10-15,17-18H2,1H3/t19-,20+/m0/s1. The number of nitrogens with one attached hydrogen (secondary N) is 1. The van der Waals surface area contributed by atoms with E-state index in [0.29, 0.717) is 30.7 Å². The molecule has 0 spiro atoms. The second kappa shape index (κ2) is 10.1. The Hall–Kier alpha value is -2.34. The molecule has 2 atom stereocenters. The van der Waals surface area contributed by atoms with Crippen molar-refractivity contribution in [1.82, 2.24) is 15.4 Å². The van der Waals surface area contributed by atoms with Crippen LogP contribution in [0, 0.1) is 11.8 Å². The molecule has 0 radical (unpaired) electrons. The average Bonchev–Trinajstić information content (AvgIpc) is 3.23. The molecular formula is C24H34N4O2. The van der Waals surface area contributed by atoms with Crippen molar-refractivity contribution in [2.75, 3.05) is 38.1 Å². The molecular weight excluding hydrogens is 376 g/mol. The monoisotopic (exact) mass is 410 g/mol. The van der Waals surface area contributed by atoms with Gasteiger partial charge in [0.05, 0.1) is 12.2 Å². The van der Waals surface area contributed by atoms with E-state index < -0.39 is 0 Å². The van der Waals surface area contributed by atoms with Crippen molar-refractivity contribution < 1.29 is 9.32 Å². The van der Waals surface area contributed by atoms with Crippen LogP contribution < -0.4 is 10.2 Å². The lowest BCUT2D eigenvalue weighted by Crippen LogP contribution is -2.42. The fourth-order valence-electron chi connectivity index (χ4n) is 4.78. The third kappa shape index (κ3) is 5.42. The predicted octanol–water partition coefficient (Wildman–Crippen LogP) is 3.48. The molecule has 1 aromatic carbocycles. The first-order chi connectivity index (χ1) is 14.7. The summed E-state index contributed by atoms with van der Waals surface area (Å²) in [5.41, 5.74) is 2.15. The lowest BCUT2D eigenvalue weighted by atomic mass is 9.81. The third-order valence-corrected chi connectivity index (χ3v) is 6.58. The van der Waals surface area contributed by atoms with Crippen LogP contribution in [-0.4, -0.2) is 49.2 Å². The molecule has 2 aliphatic heterocycles. The Morgan fingerprint density at radius 3 is 2.80 bits per heavy atom. The van der Waals surface area contributed by atoms with E-state index in [0.717, 1.165) is 69.0 Å². The number of aromatic nitrogens is 1. The van der Waals surface area contributed by atoms with Gasteiger partial charge in [0.1, 0.15) is 0 Å². The van der Waals surface area contributed by atoms with E-state index in [-0.39, 0.29) is 0 Å². The zero-order chi connectivity index (χ0) is 20.8. The van der Waals surface area contributed by atoms with Crippen LogP contribution in [0.2, 0.25) is 0 Å². The van der Waals surface area contributed by atoms with Gasteiger partial charge in [-0.1, -0.05) is 23.4 Å². The number of hydrogen-bond acceptors (Lipinski definition) is 5. The van der Waals surface area contributed by atoms with Crippen LogP contribution >= 0.6 is 0 Å². The SMILES string of the molecule is CN(Cc1cc(C[C@@H]2CNCC[C@H]2CC(=O)N2CCCCC2)no1)c1ccccc1. The molecule has 1 amide bonds. The van der Waals surface area contributed by atoms with E-state index in [1.807, 2.05) is 18.2 Å². The topological polar surface area (TPSA) is 61.6 Å². The minimum atomic E-state index is 0.344. The van der Waals surface area contributed by atoms with Crippen molar-refractivity contribution >= 4 is 11.6 Å². The number of likely N-dealkylation sites (tertiary alicyclic amines) is 1. The van der Waals surface area contributed by atoms with Crippen LogP contribution in [0.1, 0.15) is 43.6 Å². The molecule has 0 aliphatic carbocycles. The number of benzene rings is 1. The highest BCUT2D eigenvalue weighted by molar-refractivity contribution is 5.76. The molecule has 2 saturated heterocycles. The number of para-hydroxylation sites is 1. The number of nitrogens with zero attached hydrogens (tertiary/aromatic N) is 3. The fraction of sp³-hybridized carbons (Fsp3) is 0.583. The molecule has 1 aromatic heterocycles. The highest BCUT2D eigenvalue weighted by Gasteiger charge is 2.30. The van der Waals surface area contributed by atoms with Crippen molar-refractivity contribution in [3.8, 4) is 0 Å². The minimum Gasteiger partial charge on any atom is -0.367 e. The first kappa shape index (κ1) is 20.9. The molecule has 6 heteroatoms. The Bertz CT molecular complexity index is 801. The Kier molecular flexibility index (Phi) is 7.05. The van der Waals surface area contributed by atoms with Gasteiger partial charge in [-0.3, -0.25) is 4.79 Å². The van der Waals surface area contributed by atoms with E-state index in [1.165, 1.54) is 6.42 Å². The molecule has 0 saturated carbocycles. The maximum Gasteiger partial charge on any atom is 0.222 e. The van der Waals surface area contributed by atoms with Crippen LogP contribution in [0.4, 0.5) is 5.69 Å². The number of carbonyl (C=O) groups excluding carboxylic acids is 1. The largest absolute Gasteiger partial charge is 0.367 e. The third-order valence-electron chi connectivity index (χ3n) is 6.58. The maximum atomic E-state index is 12.8. The smallest absolute Gasteiger partial charge is 0.222 e. The summed E-state index contributed by atoms with van der Waals surface area (Å²) in [6.45, 7) is 4.52. The first-order valence-electron chi connectivity index (χ1n) is 11.4. The van der Waals surface area contributed by atoms with Gasteiger partial charge in [0.2, 0.25) is 5.91 Å². The van der Waals surface area contributed by atoms with Crippen LogP contribution in [0.5, 0.6) is 0 Å². The molecule has 30 heavy (non-hydrogen) atoms. The van der Waals surface area contributed by atoms with E-state index in [2.05, 4.69) is 45.5 Å². The normalized spacial score (nSPS) is 22.1. The van der Waals surface area contributed by atoms with Gasteiger partial charge in [0.25, 0.3) is 0 Å². The molecule has 4 rings (SSSR count). The summed E-state index contributed by atoms with van der Waals surface area (Å²) in [6.07, 6.45) is 6.16. The average molecular weight is 411 g/mol. The molecule has 6 nitrogen and oxygen atoms in total. The summed E-state index contributed by atoms with van der Waals surface area (Å²) in [5.74, 6) is 2.07. The van der Waals surface area contributed by atoms with Crippen molar-refractivity contribution in [2.24, 2.45) is 11.8 Å². The van der Waals surface area contributed by atoms with E-state index in [1.54, 1.807) is 0 Å². The highest BCUT2D eigenvalue weighted by Crippen LogP contribution is 2.28. The second-order valence-corrected chi connectivity index (χ2v) is 8.84. The fourth-order valence-corrected chi connectivity index (χ4v) is 4.78. The van der Waals surface area contributed by atoms with Crippen LogP contribution in [-0.2, 0) is 17.8 Å². The van der Waals surface area contributed by atoms with Gasteiger partial charge < -0.3 is 19.6 Å². The zero-order valence-corrected chi connectivity index (χ0v) is 18.1. The molecule has 0 unspecified atom stereocenters. The summed E-state index contributed by atoms with van der Waals surface area (Å²) >= 11 is 0. The van der Waals surface area contributed by atoms with Gasteiger partial charge in [0.15, 0.2) is 5.76 Å². The number of amides is 1. The van der Waals surface area contributed by atoms with Crippen molar-refractivity contribution in [3.05, 3.63) is 47.9 Å². The van der Waals surface area contributed by atoms with Crippen molar-refractivity contribution in [1.29, 1.82) is 0 Å². The molecule has 1 N–H and O–H groups in total. The van der Waals surface area contributed by atoms with Gasteiger partial charge in [-0.2, -0.15) is 0 Å². The number of carbonyl (C=O) groups is 1. The first-order valence-corrected chi connectivity index (χ1v) is 11.4. The number of hydrogen-bond donors (Lipinski definition) is 1. The number of rotatable bonds is 7. The van der Waals surface area contributed by atoms with Crippen LogP contribution in [0.15, 0.2) is 40.9 Å². The van der Waals surface area contributed by atoms with Gasteiger partial charge in [-0.15, -0.1) is 0 Å². The van der Waals surface area contributed by atoms with Crippen LogP contribution in [0.25, 0.3) is 0 Å². The Balaban J connectivity index is 1.33. The Morgan fingerprint density at radius 2 is 2.00 bits per heavy atom. The Morgan fingerprint density at radius 1 is 1.20 bits per heavy atom. The highest BCUT2D eigenvalue weighted by atomic mass is 16.5.